The van der Waals surface area contributed by atoms with Gasteiger partial charge < -0.3 is 0 Å². The Kier molecular flexibility index (Phi) is 3.52. The summed E-state index contributed by atoms with van der Waals surface area (Å²) in [5, 5.41) is 0. The first-order chi connectivity index (χ1) is 6.35. The number of rotatable bonds is 3. The summed E-state index contributed by atoms with van der Waals surface area (Å²) < 4.78 is 25.4. The van der Waals surface area contributed by atoms with Gasteiger partial charge in [-0.15, -0.1) is 0 Å². The Morgan fingerprint density at radius 2 is 2.14 bits per heavy atom. The van der Waals surface area contributed by atoms with Crippen molar-refractivity contribution in [3.8, 4) is 0 Å². The maximum Gasteiger partial charge on any atom is 0.254 e. The lowest BCUT2D eigenvalue weighted by atomic mass is 10.4. The van der Waals surface area contributed by atoms with E-state index < -0.39 is 10.0 Å². The summed E-state index contributed by atoms with van der Waals surface area (Å²) in [6.45, 7) is 3.61. The van der Waals surface area contributed by atoms with Crippen LogP contribution in [-0.2, 0) is 10.0 Å². The Hall–Kier alpha value is -0.170. The molecule has 0 aliphatic carbocycles. The summed E-state index contributed by atoms with van der Waals surface area (Å²) in [6.07, 6.45) is 1.28. The van der Waals surface area contributed by atoms with Gasteiger partial charge in [-0.3, -0.25) is 0 Å². The van der Waals surface area contributed by atoms with Gasteiger partial charge in [0, 0.05) is 13.1 Å². The fraction of sp³-hybridized carbons (Fsp3) is 0.571. The van der Waals surface area contributed by atoms with Crippen LogP contribution in [0.15, 0.2) is 10.4 Å². The molecule has 4 nitrogen and oxygen atoms in total. The molecule has 0 unspecified atom stereocenters. The van der Waals surface area contributed by atoms with Crippen molar-refractivity contribution in [2.75, 3.05) is 7.05 Å². The average Bonchev–Trinajstić information content (AvgIpc) is 2.50. The van der Waals surface area contributed by atoms with E-state index in [1.807, 2.05) is 0 Å². The van der Waals surface area contributed by atoms with Gasteiger partial charge in [0.15, 0.2) is 8.68 Å². The third-order valence-corrected chi connectivity index (χ3v) is 5.40. The standard InChI is InChI=1S/C7H11ClN2O2S2/c1-5(2)10(3)14(11,12)6-4-9-7(8)13-6/h4-5H,1-3H3. The molecule has 0 saturated carbocycles. The zero-order valence-corrected chi connectivity index (χ0v) is 10.4. The molecule has 0 saturated heterocycles. The molecular formula is C7H11ClN2O2S2. The molecule has 0 N–H and O–H groups in total. The van der Waals surface area contributed by atoms with E-state index >= 15 is 0 Å². The van der Waals surface area contributed by atoms with Gasteiger partial charge in [-0.1, -0.05) is 22.9 Å². The van der Waals surface area contributed by atoms with Crippen LogP contribution < -0.4 is 0 Å². The Morgan fingerprint density at radius 1 is 1.57 bits per heavy atom. The SMILES string of the molecule is CC(C)N(C)S(=O)(=O)c1cnc(Cl)s1. The molecule has 1 rings (SSSR count). The zero-order chi connectivity index (χ0) is 10.9. The molecule has 1 aromatic heterocycles. The molecule has 0 aliphatic heterocycles. The Morgan fingerprint density at radius 3 is 2.50 bits per heavy atom. The van der Waals surface area contributed by atoms with Crippen LogP contribution in [0.2, 0.25) is 4.47 Å². The Bertz CT molecular complexity index is 413. The highest BCUT2D eigenvalue weighted by Crippen LogP contribution is 2.25. The molecule has 1 aromatic rings. The Balaban J connectivity index is 3.09. The van der Waals surface area contributed by atoms with Crippen LogP contribution in [0.4, 0.5) is 0 Å². The predicted octanol–water partition coefficient (Wildman–Crippen LogP) is 1.83. The zero-order valence-electron chi connectivity index (χ0n) is 8.06. The van der Waals surface area contributed by atoms with Gasteiger partial charge >= 0.3 is 0 Å². The van der Waals surface area contributed by atoms with Crippen molar-refractivity contribution in [2.24, 2.45) is 0 Å². The van der Waals surface area contributed by atoms with Crippen LogP contribution in [0.25, 0.3) is 0 Å². The minimum Gasteiger partial charge on any atom is -0.232 e. The second kappa shape index (κ2) is 4.14. The third-order valence-electron chi connectivity index (χ3n) is 1.82. The van der Waals surface area contributed by atoms with Gasteiger partial charge in [0.25, 0.3) is 10.0 Å². The molecule has 0 aliphatic rings. The highest BCUT2D eigenvalue weighted by Gasteiger charge is 2.25. The summed E-state index contributed by atoms with van der Waals surface area (Å²) >= 11 is 6.54. The number of hydrogen-bond acceptors (Lipinski definition) is 4. The number of aromatic nitrogens is 1. The lowest BCUT2D eigenvalue weighted by Gasteiger charge is -2.19. The van der Waals surface area contributed by atoms with Crippen LogP contribution >= 0.6 is 22.9 Å². The van der Waals surface area contributed by atoms with Gasteiger partial charge in [0.1, 0.15) is 0 Å². The van der Waals surface area contributed by atoms with Gasteiger partial charge in [-0.2, -0.15) is 4.31 Å². The van der Waals surface area contributed by atoms with E-state index in [1.54, 1.807) is 13.8 Å². The molecule has 0 fully saturated rings. The lowest BCUT2D eigenvalue weighted by molar-refractivity contribution is 0.412. The predicted molar refractivity (Wildman–Crippen MR) is 57.2 cm³/mol. The topological polar surface area (TPSA) is 50.3 Å². The quantitative estimate of drug-likeness (QED) is 0.827. The number of hydrogen-bond donors (Lipinski definition) is 0. The first-order valence-electron chi connectivity index (χ1n) is 3.95. The summed E-state index contributed by atoms with van der Waals surface area (Å²) in [5.74, 6) is 0. The first kappa shape index (κ1) is 11.9. The summed E-state index contributed by atoms with van der Waals surface area (Å²) in [4.78, 5) is 3.70. The highest BCUT2D eigenvalue weighted by molar-refractivity contribution is 7.91. The average molecular weight is 255 g/mol. The van der Waals surface area contributed by atoms with Gasteiger partial charge in [-0.05, 0) is 13.8 Å². The molecule has 14 heavy (non-hydrogen) atoms. The normalized spacial score (nSPS) is 12.7. The van der Waals surface area contributed by atoms with E-state index in [1.165, 1.54) is 17.5 Å². The molecule has 1 heterocycles. The van der Waals surface area contributed by atoms with E-state index in [0.717, 1.165) is 11.3 Å². The van der Waals surface area contributed by atoms with E-state index in [0.29, 0.717) is 0 Å². The molecule has 0 amide bonds. The van der Waals surface area contributed by atoms with Crippen molar-refractivity contribution in [3.05, 3.63) is 10.7 Å². The van der Waals surface area contributed by atoms with Crippen molar-refractivity contribution in [3.63, 3.8) is 0 Å². The fourth-order valence-electron chi connectivity index (χ4n) is 0.778. The fourth-order valence-corrected chi connectivity index (χ4v) is 3.63. The minimum absolute atomic E-state index is 0.0825. The van der Waals surface area contributed by atoms with Crippen LogP contribution in [0.1, 0.15) is 13.8 Å². The second-order valence-electron chi connectivity index (χ2n) is 3.05. The van der Waals surface area contributed by atoms with Crippen molar-refractivity contribution in [1.29, 1.82) is 0 Å². The van der Waals surface area contributed by atoms with Gasteiger partial charge in [0.2, 0.25) is 0 Å². The maximum absolute atomic E-state index is 11.8. The van der Waals surface area contributed by atoms with Crippen molar-refractivity contribution in [2.45, 2.75) is 24.1 Å². The van der Waals surface area contributed by atoms with Gasteiger partial charge in [-0.25, -0.2) is 13.4 Å². The molecule has 0 bridgehead atoms. The Labute approximate surface area is 92.6 Å². The van der Waals surface area contributed by atoms with Crippen molar-refractivity contribution in [1.82, 2.24) is 9.29 Å². The molecule has 0 aromatic carbocycles. The van der Waals surface area contributed by atoms with Crippen LogP contribution in [0.3, 0.4) is 0 Å². The van der Waals surface area contributed by atoms with Crippen molar-refractivity contribution >= 4 is 33.0 Å². The highest BCUT2D eigenvalue weighted by atomic mass is 35.5. The number of nitrogens with zero attached hydrogens (tertiary/aromatic N) is 2. The van der Waals surface area contributed by atoms with E-state index in [-0.39, 0.29) is 14.7 Å². The van der Waals surface area contributed by atoms with Crippen molar-refractivity contribution < 1.29 is 8.42 Å². The summed E-state index contributed by atoms with van der Waals surface area (Å²) in [5.41, 5.74) is 0. The minimum atomic E-state index is -3.41. The third kappa shape index (κ3) is 2.25. The maximum atomic E-state index is 11.8. The molecule has 0 radical (unpaired) electrons. The molecule has 0 atom stereocenters. The number of sulfonamides is 1. The van der Waals surface area contributed by atoms with Gasteiger partial charge in [0.05, 0.1) is 6.20 Å². The monoisotopic (exact) mass is 254 g/mol. The summed E-state index contributed by atoms with van der Waals surface area (Å²) in [7, 11) is -1.88. The van der Waals surface area contributed by atoms with E-state index in [4.69, 9.17) is 11.6 Å². The van der Waals surface area contributed by atoms with Crippen LogP contribution in [0.5, 0.6) is 0 Å². The smallest absolute Gasteiger partial charge is 0.232 e. The second-order valence-corrected chi connectivity index (χ2v) is 6.88. The first-order valence-corrected chi connectivity index (χ1v) is 6.58. The van der Waals surface area contributed by atoms with E-state index in [9.17, 15) is 8.42 Å². The molecule has 80 valence electrons. The molecule has 0 spiro atoms. The lowest BCUT2D eigenvalue weighted by Crippen LogP contribution is -2.32. The van der Waals surface area contributed by atoms with Crippen LogP contribution in [-0.4, -0.2) is 30.8 Å². The number of thiazole rings is 1. The van der Waals surface area contributed by atoms with Crippen LogP contribution in [0, 0.1) is 0 Å². The molecule has 7 heteroatoms. The molecular weight excluding hydrogens is 244 g/mol. The van der Waals surface area contributed by atoms with E-state index in [2.05, 4.69) is 4.98 Å². The largest absolute Gasteiger partial charge is 0.254 e. The number of halogens is 1. The summed E-state index contributed by atoms with van der Waals surface area (Å²) in [6, 6.07) is -0.0825.